The Labute approximate surface area is 164 Å². The molecule has 28 heavy (non-hydrogen) atoms. The number of carbonyl (C=O) groups is 1. The smallest absolute Gasteiger partial charge is 0.362 e. The van der Waals surface area contributed by atoms with E-state index in [1.165, 1.54) is 12.1 Å². The van der Waals surface area contributed by atoms with E-state index in [4.69, 9.17) is 0 Å². The van der Waals surface area contributed by atoms with Crippen LogP contribution in [0.5, 0.6) is 0 Å². The molecule has 1 unspecified atom stereocenters. The lowest BCUT2D eigenvalue weighted by Gasteiger charge is -2.32. The molecule has 0 radical (unpaired) electrons. The van der Waals surface area contributed by atoms with E-state index in [9.17, 15) is 33.2 Å². The SMILES string of the molecule is O=C(c1cccc([N+](=O)[O-])c1)N1N=C(c2ccc(Br)cc2)CC1(O)C(F)(F)F. The van der Waals surface area contributed by atoms with Gasteiger partial charge >= 0.3 is 6.18 Å². The zero-order chi connectivity index (χ0) is 20.7. The van der Waals surface area contributed by atoms with Gasteiger partial charge in [-0.2, -0.15) is 23.3 Å². The molecule has 0 spiro atoms. The predicted molar refractivity (Wildman–Crippen MR) is 95.6 cm³/mol. The van der Waals surface area contributed by atoms with Crippen molar-refractivity contribution >= 4 is 33.2 Å². The number of aliphatic hydroxyl groups is 1. The molecule has 1 heterocycles. The number of hydrogen-bond donors (Lipinski definition) is 1. The number of hydrazone groups is 1. The Morgan fingerprint density at radius 3 is 2.46 bits per heavy atom. The molecule has 7 nitrogen and oxygen atoms in total. The summed E-state index contributed by atoms with van der Waals surface area (Å²) in [7, 11) is 0. The van der Waals surface area contributed by atoms with Crippen molar-refractivity contribution in [3.05, 3.63) is 74.2 Å². The van der Waals surface area contributed by atoms with Crippen LogP contribution >= 0.6 is 15.9 Å². The van der Waals surface area contributed by atoms with E-state index in [1.54, 1.807) is 12.1 Å². The Hall–Kier alpha value is -2.79. The monoisotopic (exact) mass is 457 g/mol. The topological polar surface area (TPSA) is 96.0 Å². The van der Waals surface area contributed by atoms with Crippen molar-refractivity contribution in [2.24, 2.45) is 5.10 Å². The second-order valence-corrected chi connectivity index (χ2v) is 6.88. The van der Waals surface area contributed by atoms with Crippen LogP contribution < -0.4 is 0 Å². The largest absolute Gasteiger partial charge is 0.438 e. The first-order valence-corrected chi connectivity index (χ1v) is 8.54. The second kappa shape index (κ2) is 6.99. The minimum atomic E-state index is -5.20. The third-order valence-electron chi connectivity index (χ3n) is 4.11. The van der Waals surface area contributed by atoms with Gasteiger partial charge in [-0.1, -0.05) is 34.1 Å². The first kappa shape index (κ1) is 20.0. The standard InChI is InChI=1S/C17H11BrF3N3O4/c18-12-6-4-10(5-7-12)14-9-16(26,17(19,20)21)23(22-14)15(25)11-2-1-3-13(8-11)24(27)28/h1-8,26H,9H2. The molecular formula is C17H11BrF3N3O4. The lowest BCUT2D eigenvalue weighted by Crippen LogP contribution is -2.56. The summed E-state index contributed by atoms with van der Waals surface area (Å²) >= 11 is 3.20. The normalized spacial score (nSPS) is 19.5. The Kier molecular flexibility index (Phi) is 4.98. The fourth-order valence-corrected chi connectivity index (χ4v) is 2.92. The maximum Gasteiger partial charge on any atom is 0.438 e. The van der Waals surface area contributed by atoms with Crippen LogP contribution in [0.1, 0.15) is 22.3 Å². The molecule has 1 N–H and O–H groups in total. The van der Waals surface area contributed by atoms with Crippen molar-refractivity contribution in [1.82, 2.24) is 5.01 Å². The van der Waals surface area contributed by atoms with Gasteiger partial charge in [0.25, 0.3) is 17.3 Å². The minimum Gasteiger partial charge on any atom is -0.362 e. The average molecular weight is 458 g/mol. The molecule has 11 heteroatoms. The van der Waals surface area contributed by atoms with Crippen molar-refractivity contribution in [1.29, 1.82) is 0 Å². The van der Waals surface area contributed by atoms with Crippen LogP contribution in [0.2, 0.25) is 0 Å². The summed E-state index contributed by atoms with van der Waals surface area (Å²) in [4.78, 5) is 22.7. The van der Waals surface area contributed by atoms with Gasteiger partial charge in [0.15, 0.2) is 0 Å². The molecule has 1 amide bonds. The van der Waals surface area contributed by atoms with E-state index < -0.39 is 40.4 Å². The molecule has 0 fully saturated rings. The van der Waals surface area contributed by atoms with Crippen LogP contribution in [0, 0.1) is 10.1 Å². The van der Waals surface area contributed by atoms with E-state index in [0.717, 1.165) is 24.3 Å². The summed E-state index contributed by atoms with van der Waals surface area (Å²) < 4.78 is 41.5. The molecule has 1 aliphatic heterocycles. The number of hydrogen-bond acceptors (Lipinski definition) is 5. The highest BCUT2D eigenvalue weighted by Crippen LogP contribution is 2.42. The van der Waals surface area contributed by atoms with Gasteiger partial charge in [-0.25, -0.2) is 0 Å². The fraction of sp³-hybridized carbons (Fsp3) is 0.176. The first-order valence-electron chi connectivity index (χ1n) is 7.74. The molecule has 0 saturated carbocycles. The lowest BCUT2D eigenvalue weighted by molar-refractivity contribution is -0.384. The van der Waals surface area contributed by atoms with Gasteiger partial charge in [-0.3, -0.25) is 14.9 Å². The summed E-state index contributed by atoms with van der Waals surface area (Å²) in [5.74, 6) is -1.31. The van der Waals surface area contributed by atoms with Crippen molar-refractivity contribution in [3.63, 3.8) is 0 Å². The predicted octanol–water partition coefficient (Wildman–Crippen LogP) is 3.86. The lowest BCUT2D eigenvalue weighted by atomic mass is 10.0. The first-order chi connectivity index (χ1) is 13.0. The number of rotatable bonds is 3. The van der Waals surface area contributed by atoms with Crippen molar-refractivity contribution < 1.29 is 28.0 Å². The molecule has 1 aliphatic rings. The second-order valence-electron chi connectivity index (χ2n) is 5.97. The number of alkyl halides is 3. The van der Waals surface area contributed by atoms with Crippen molar-refractivity contribution in [3.8, 4) is 0 Å². The highest BCUT2D eigenvalue weighted by atomic mass is 79.9. The molecule has 2 aromatic rings. The Balaban J connectivity index is 2.05. The number of halogens is 4. The summed E-state index contributed by atoms with van der Waals surface area (Å²) in [5, 5.41) is 24.8. The van der Waals surface area contributed by atoms with Crippen LogP contribution in [0.3, 0.4) is 0 Å². The highest BCUT2D eigenvalue weighted by Gasteiger charge is 2.63. The summed E-state index contributed by atoms with van der Waals surface area (Å²) in [6.07, 6.45) is -6.18. The number of amides is 1. The third-order valence-corrected chi connectivity index (χ3v) is 4.64. The summed E-state index contributed by atoms with van der Waals surface area (Å²) in [5.41, 5.74) is -4.31. The van der Waals surface area contributed by atoms with Crippen LogP contribution in [-0.4, -0.2) is 38.6 Å². The summed E-state index contributed by atoms with van der Waals surface area (Å²) in [6, 6.07) is 10.3. The van der Waals surface area contributed by atoms with E-state index in [0.29, 0.717) is 10.0 Å². The van der Waals surface area contributed by atoms with Crippen LogP contribution in [-0.2, 0) is 0 Å². The Morgan fingerprint density at radius 1 is 1.25 bits per heavy atom. The van der Waals surface area contributed by atoms with Gasteiger partial charge in [-0.15, -0.1) is 0 Å². The van der Waals surface area contributed by atoms with Crippen molar-refractivity contribution in [2.45, 2.75) is 18.3 Å². The Morgan fingerprint density at radius 2 is 1.89 bits per heavy atom. The maximum atomic E-state index is 13.6. The highest BCUT2D eigenvalue weighted by molar-refractivity contribution is 9.10. The molecule has 0 saturated heterocycles. The molecule has 146 valence electrons. The van der Waals surface area contributed by atoms with E-state index >= 15 is 0 Å². The number of carbonyl (C=O) groups excluding carboxylic acids is 1. The molecule has 0 aromatic heterocycles. The van der Waals surface area contributed by atoms with Crippen molar-refractivity contribution in [2.75, 3.05) is 0 Å². The number of nitrogens with zero attached hydrogens (tertiary/aromatic N) is 3. The molecule has 3 rings (SSSR count). The third kappa shape index (κ3) is 3.50. The average Bonchev–Trinajstić information content (AvgIpc) is 3.00. The maximum absolute atomic E-state index is 13.6. The van der Waals surface area contributed by atoms with E-state index in [1.807, 2.05) is 0 Å². The van der Waals surface area contributed by atoms with Crippen LogP contribution in [0.4, 0.5) is 18.9 Å². The van der Waals surface area contributed by atoms with Crippen LogP contribution in [0.25, 0.3) is 0 Å². The van der Waals surface area contributed by atoms with Gasteiger partial charge in [0.2, 0.25) is 0 Å². The minimum absolute atomic E-state index is 0.0660. The molecule has 1 atom stereocenters. The van der Waals surface area contributed by atoms with Gasteiger partial charge in [0.1, 0.15) is 0 Å². The van der Waals surface area contributed by atoms with Gasteiger partial charge in [0, 0.05) is 22.2 Å². The molecule has 2 aromatic carbocycles. The Bertz CT molecular complexity index is 978. The zero-order valence-corrected chi connectivity index (χ0v) is 15.4. The molecule has 0 bridgehead atoms. The molecular weight excluding hydrogens is 447 g/mol. The number of non-ortho nitro benzene ring substituents is 1. The van der Waals surface area contributed by atoms with Gasteiger partial charge in [0.05, 0.1) is 17.1 Å². The number of nitro groups is 1. The van der Waals surface area contributed by atoms with Gasteiger partial charge in [-0.05, 0) is 23.8 Å². The van der Waals surface area contributed by atoms with E-state index in [-0.39, 0.29) is 10.7 Å². The quantitative estimate of drug-likeness (QED) is 0.558. The van der Waals surface area contributed by atoms with Crippen LogP contribution in [0.15, 0.2) is 58.1 Å². The molecule has 0 aliphatic carbocycles. The number of nitro benzene ring substituents is 1. The van der Waals surface area contributed by atoms with Gasteiger partial charge < -0.3 is 5.11 Å². The summed E-state index contributed by atoms with van der Waals surface area (Å²) in [6.45, 7) is 0. The fourth-order valence-electron chi connectivity index (χ4n) is 2.66. The van der Waals surface area contributed by atoms with E-state index in [2.05, 4.69) is 21.0 Å². The zero-order valence-electron chi connectivity index (χ0n) is 13.9. The number of benzene rings is 2.